The van der Waals surface area contributed by atoms with Crippen LogP contribution in [0.25, 0.3) is 0 Å². The summed E-state index contributed by atoms with van der Waals surface area (Å²) in [4.78, 5) is 11.5. The van der Waals surface area contributed by atoms with Crippen molar-refractivity contribution in [3.05, 3.63) is 35.1 Å². The molecule has 0 saturated heterocycles. The van der Waals surface area contributed by atoms with E-state index in [2.05, 4.69) is 5.32 Å². The topological polar surface area (TPSA) is 64.3 Å². The molecule has 1 unspecified atom stereocenters. The Morgan fingerprint density at radius 2 is 1.91 bits per heavy atom. The number of ether oxygens (including phenoxy) is 1. The quantitative estimate of drug-likeness (QED) is 0.830. The van der Waals surface area contributed by atoms with Gasteiger partial charge in [-0.05, 0) is 51.0 Å². The molecule has 0 spiro atoms. The summed E-state index contributed by atoms with van der Waals surface area (Å²) in [6.07, 6.45) is -5.40. The Morgan fingerprint density at radius 3 is 2.43 bits per heavy atom. The first-order valence-electron chi connectivity index (χ1n) is 6.96. The van der Waals surface area contributed by atoms with E-state index in [1.165, 1.54) is 0 Å². The van der Waals surface area contributed by atoms with Crippen LogP contribution in [0.2, 0.25) is 0 Å². The number of alkyl carbamates (subject to hydrolysis) is 1. The molecule has 0 aromatic heterocycles. The minimum atomic E-state index is -4.55. The van der Waals surface area contributed by atoms with Crippen LogP contribution in [0.1, 0.15) is 31.9 Å². The molecule has 130 valence electrons. The minimum absolute atomic E-state index is 0.0510. The first-order chi connectivity index (χ1) is 10.4. The standard InChI is InChI=1S/C15H20F4N2O2/c1-14(2,3)23-13(22)21-8-11(20)7-9-6-10(15(17,18)19)4-5-12(9)16/h4-6,11H,7-8,20H2,1-3H3,(H,21,22). The molecular formula is C15H20F4N2O2. The van der Waals surface area contributed by atoms with Crippen LogP contribution in [0.3, 0.4) is 0 Å². The van der Waals surface area contributed by atoms with Gasteiger partial charge in [-0.15, -0.1) is 0 Å². The van der Waals surface area contributed by atoms with Crippen LogP contribution in [-0.2, 0) is 17.3 Å². The van der Waals surface area contributed by atoms with Gasteiger partial charge in [0.05, 0.1) is 5.56 Å². The number of hydrogen-bond donors (Lipinski definition) is 2. The van der Waals surface area contributed by atoms with Crippen molar-refractivity contribution in [3.8, 4) is 0 Å². The average Bonchev–Trinajstić information content (AvgIpc) is 2.35. The smallest absolute Gasteiger partial charge is 0.416 e. The molecule has 0 aliphatic heterocycles. The summed E-state index contributed by atoms with van der Waals surface area (Å²) < 4.78 is 56.5. The minimum Gasteiger partial charge on any atom is -0.444 e. The summed E-state index contributed by atoms with van der Waals surface area (Å²) in [5.41, 5.74) is 3.95. The number of rotatable bonds is 4. The fraction of sp³-hybridized carbons (Fsp3) is 0.533. The lowest BCUT2D eigenvalue weighted by atomic mass is 10.0. The molecule has 1 aromatic rings. The molecule has 0 bridgehead atoms. The highest BCUT2D eigenvalue weighted by Gasteiger charge is 2.31. The second kappa shape index (κ2) is 7.16. The van der Waals surface area contributed by atoms with Gasteiger partial charge in [0.15, 0.2) is 0 Å². The number of carbonyl (C=O) groups excluding carboxylic acids is 1. The number of amides is 1. The van der Waals surface area contributed by atoms with E-state index in [0.717, 1.165) is 12.1 Å². The predicted octanol–water partition coefficient (Wildman–Crippen LogP) is 3.24. The summed E-state index contributed by atoms with van der Waals surface area (Å²) in [6, 6.07) is 1.40. The van der Waals surface area contributed by atoms with Gasteiger partial charge in [-0.3, -0.25) is 0 Å². The van der Waals surface area contributed by atoms with Crippen LogP contribution in [0.4, 0.5) is 22.4 Å². The number of halogens is 4. The van der Waals surface area contributed by atoms with Gasteiger partial charge in [-0.1, -0.05) is 0 Å². The van der Waals surface area contributed by atoms with Crippen LogP contribution >= 0.6 is 0 Å². The lowest BCUT2D eigenvalue weighted by Gasteiger charge is -2.21. The molecule has 0 aliphatic rings. The number of benzene rings is 1. The molecule has 4 nitrogen and oxygen atoms in total. The molecule has 1 atom stereocenters. The molecule has 0 fully saturated rings. The largest absolute Gasteiger partial charge is 0.444 e. The van der Waals surface area contributed by atoms with Crippen LogP contribution in [0, 0.1) is 5.82 Å². The first kappa shape index (κ1) is 19.2. The predicted molar refractivity (Wildman–Crippen MR) is 77.3 cm³/mol. The summed E-state index contributed by atoms with van der Waals surface area (Å²) in [5.74, 6) is -0.772. The van der Waals surface area contributed by atoms with Gasteiger partial charge >= 0.3 is 12.3 Å². The fourth-order valence-electron chi connectivity index (χ4n) is 1.79. The maximum absolute atomic E-state index is 13.6. The molecule has 23 heavy (non-hydrogen) atoms. The monoisotopic (exact) mass is 336 g/mol. The van der Waals surface area contributed by atoms with E-state index in [1.54, 1.807) is 20.8 Å². The summed E-state index contributed by atoms with van der Waals surface area (Å²) in [7, 11) is 0. The van der Waals surface area contributed by atoms with E-state index >= 15 is 0 Å². The van der Waals surface area contributed by atoms with Gasteiger partial charge < -0.3 is 15.8 Å². The summed E-state index contributed by atoms with van der Waals surface area (Å²) in [5, 5.41) is 2.39. The molecule has 0 saturated carbocycles. The highest BCUT2D eigenvalue weighted by molar-refractivity contribution is 5.67. The number of carbonyl (C=O) groups is 1. The Balaban J connectivity index is 2.64. The van der Waals surface area contributed by atoms with Crippen molar-refractivity contribution < 1.29 is 27.1 Å². The van der Waals surface area contributed by atoms with Gasteiger partial charge in [0.2, 0.25) is 0 Å². The maximum Gasteiger partial charge on any atom is 0.416 e. The number of nitrogens with one attached hydrogen (secondary N) is 1. The third-order valence-electron chi connectivity index (χ3n) is 2.76. The van der Waals surface area contributed by atoms with Crippen LogP contribution in [-0.4, -0.2) is 24.3 Å². The van der Waals surface area contributed by atoms with Gasteiger partial charge in [-0.25, -0.2) is 9.18 Å². The van der Waals surface area contributed by atoms with Gasteiger partial charge in [0.25, 0.3) is 0 Å². The lowest BCUT2D eigenvalue weighted by molar-refractivity contribution is -0.137. The zero-order chi connectivity index (χ0) is 17.8. The van der Waals surface area contributed by atoms with Crippen molar-refractivity contribution in [1.82, 2.24) is 5.32 Å². The van der Waals surface area contributed by atoms with Crippen molar-refractivity contribution in [2.45, 2.75) is 45.0 Å². The third kappa shape index (κ3) is 6.85. The Kier molecular flexibility index (Phi) is 5.98. The second-order valence-corrected chi connectivity index (χ2v) is 6.15. The lowest BCUT2D eigenvalue weighted by Crippen LogP contribution is -2.41. The van der Waals surface area contributed by atoms with E-state index in [-0.39, 0.29) is 18.5 Å². The Labute approximate surface area is 132 Å². The normalized spacial score (nSPS) is 13.6. The molecular weight excluding hydrogens is 316 g/mol. The summed E-state index contributed by atoms with van der Waals surface area (Å²) in [6.45, 7) is 5.00. The molecule has 1 rings (SSSR count). The Hall–Kier alpha value is -1.83. The van der Waals surface area contributed by atoms with E-state index < -0.39 is 35.3 Å². The van der Waals surface area contributed by atoms with Crippen molar-refractivity contribution in [2.24, 2.45) is 5.73 Å². The maximum atomic E-state index is 13.6. The van der Waals surface area contributed by atoms with E-state index in [9.17, 15) is 22.4 Å². The van der Waals surface area contributed by atoms with E-state index in [4.69, 9.17) is 10.5 Å². The zero-order valence-electron chi connectivity index (χ0n) is 13.1. The molecule has 0 aliphatic carbocycles. The van der Waals surface area contributed by atoms with E-state index in [1.807, 2.05) is 0 Å². The molecule has 1 aromatic carbocycles. The van der Waals surface area contributed by atoms with Crippen LogP contribution in [0.5, 0.6) is 0 Å². The average molecular weight is 336 g/mol. The first-order valence-corrected chi connectivity index (χ1v) is 6.96. The SMILES string of the molecule is CC(C)(C)OC(=O)NCC(N)Cc1cc(C(F)(F)F)ccc1F. The highest BCUT2D eigenvalue weighted by atomic mass is 19.4. The van der Waals surface area contributed by atoms with Crippen LogP contribution in [0.15, 0.2) is 18.2 Å². The molecule has 0 radical (unpaired) electrons. The molecule has 1 amide bonds. The number of nitrogens with two attached hydrogens (primary N) is 1. The van der Waals surface area contributed by atoms with Crippen molar-refractivity contribution in [1.29, 1.82) is 0 Å². The van der Waals surface area contributed by atoms with Crippen LogP contribution < -0.4 is 11.1 Å². The van der Waals surface area contributed by atoms with E-state index in [0.29, 0.717) is 6.07 Å². The summed E-state index contributed by atoms with van der Waals surface area (Å²) >= 11 is 0. The van der Waals surface area contributed by atoms with Crippen molar-refractivity contribution in [2.75, 3.05) is 6.54 Å². The Morgan fingerprint density at radius 1 is 1.30 bits per heavy atom. The molecule has 3 N–H and O–H groups in total. The highest BCUT2D eigenvalue weighted by Crippen LogP contribution is 2.30. The third-order valence-corrected chi connectivity index (χ3v) is 2.76. The molecule has 0 heterocycles. The van der Waals surface area contributed by atoms with Gasteiger partial charge in [0, 0.05) is 12.6 Å². The Bertz CT molecular complexity index is 553. The number of alkyl halides is 3. The van der Waals surface area contributed by atoms with Crippen molar-refractivity contribution in [3.63, 3.8) is 0 Å². The molecule has 8 heteroatoms. The number of hydrogen-bond acceptors (Lipinski definition) is 3. The van der Waals surface area contributed by atoms with Crippen molar-refractivity contribution >= 4 is 6.09 Å². The zero-order valence-corrected chi connectivity index (χ0v) is 13.1. The van der Waals surface area contributed by atoms with Gasteiger partial charge in [-0.2, -0.15) is 13.2 Å². The second-order valence-electron chi connectivity index (χ2n) is 6.15. The van der Waals surface area contributed by atoms with Gasteiger partial charge in [0.1, 0.15) is 11.4 Å². The fourth-order valence-corrected chi connectivity index (χ4v) is 1.79.